The summed E-state index contributed by atoms with van der Waals surface area (Å²) in [7, 11) is -1.00. The van der Waals surface area contributed by atoms with Crippen LogP contribution < -0.4 is 0 Å². The van der Waals surface area contributed by atoms with E-state index in [9.17, 15) is 0 Å². The molecule has 0 bridgehead atoms. The minimum Gasteiger partial charge on any atom is -0.361 e. The van der Waals surface area contributed by atoms with E-state index < -0.39 is 8.07 Å². The molecule has 5 heteroatoms. The van der Waals surface area contributed by atoms with Crippen LogP contribution in [0.2, 0.25) is 25.7 Å². The first-order valence-electron chi connectivity index (χ1n) is 6.14. The molecule has 0 amide bonds. The van der Waals surface area contributed by atoms with Gasteiger partial charge in [0.05, 0.1) is 0 Å². The maximum atomic E-state index is 5.75. The van der Waals surface area contributed by atoms with Gasteiger partial charge in [-0.1, -0.05) is 19.6 Å². The molecule has 0 fully saturated rings. The number of pyridine rings is 1. The van der Waals surface area contributed by atoms with Gasteiger partial charge >= 0.3 is 0 Å². The Morgan fingerprint density at radius 3 is 2.89 bits per heavy atom. The summed E-state index contributed by atoms with van der Waals surface area (Å²) in [6.45, 7) is 8.49. The van der Waals surface area contributed by atoms with Gasteiger partial charge in [0.2, 0.25) is 0 Å². The van der Waals surface area contributed by atoms with Crippen molar-refractivity contribution in [3.8, 4) is 0 Å². The molecule has 0 aromatic carbocycles. The van der Waals surface area contributed by atoms with Crippen LogP contribution in [-0.2, 0) is 11.5 Å². The van der Waals surface area contributed by atoms with Crippen LogP contribution in [0.1, 0.15) is 0 Å². The fourth-order valence-electron chi connectivity index (χ4n) is 1.72. The van der Waals surface area contributed by atoms with Gasteiger partial charge in [-0.2, -0.15) is 0 Å². The molecular weight excluding hydrogens is 308 g/mol. The van der Waals surface area contributed by atoms with Crippen molar-refractivity contribution in [3.63, 3.8) is 0 Å². The molecule has 0 N–H and O–H groups in total. The molecular formula is C13H19BrN2OSi. The number of hydrogen-bond donors (Lipinski definition) is 0. The van der Waals surface area contributed by atoms with Crippen LogP contribution >= 0.6 is 15.9 Å². The summed E-state index contributed by atoms with van der Waals surface area (Å²) >= 11 is 3.55. The number of rotatable bonds is 5. The first-order chi connectivity index (χ1) is 8.47. The van der Waals surface area contributed by atoms with Gasteiger partial charge in [-0.15, -0.1) is 0 Å². The average molecular weight is 327 g/mol. The largest absolute Gasteiger partial charge is 0.361 e. The molecule has 3 nitrogen and oxygen atoms in total. The molecule has 2 heterocycles. The van der Waals surface area contributed by atoms with Crippen LogP contribution in [0.4, 0.5) is 0 Å². The summed E-state index contributed by atoms with van der Waals surface area (Å²) in [5.74, 6) is 0. The summed E-state index contributed by atoms with van der Waals surface area (Å²) in [5, 5.41) is 1.13. The van der Waals surface area contributed by atoms with Crippen LogP contribution in [0.3, 0.4) is 0 Å². The number of halogens is 1. The van der Waals surface area contributed by atoms with E-state index in [-0.39, 0.29) is 0 Å². The van der Waals surface area contributed by atoms with Crippen molar-refractivity contribution in [2.75, 3.05) is 6.61 Å². The van der Waals surface area contributed by atoms with Crippen LogP contribution in [0.25, 0.3) is 11.0 Å². The van der Waals surface area contributed by atoms with Gasteiger partial charge in [-0.25, -0.2) is 4.98 Å². The Labute approximate surface area is 117 Å². The topological polar surface area (TPSA) is 27.1 Å². The second-order valence-corrected chi connectivity index (χ2v) is 12.1. The van der Waals surface area contributed by atoms with E-state index in [1.54, 1.807) is 0 Å². The molecule has 0 atom stereocenters. The van der Waals surface area contributed by atoms with Gasteiger partial charge in [0.25, 0.3) is 0 Å². The van der Waals surface area contributed by atoms with E-state index in [2.05, 4.69) is 46.6 Å². The third kappa shape index (κ3) is 3.43. The molecule has 98 valence electrons. The third-order valence-corrected chi connectivity index (χ3v) is 5.15. The molecule has 0 saturated heterocycles. The summed E-state index contributed by atoms with van der Waals surface area (Å²) in [6, 6.07) is 5.20. The standard InChI is InChI=1S/C13H19BrN2OSi/c1-18(2,3)8-7-17-10-16-9-12(14)11-5-4-6-15-13(11)16/h4-6,9H,7-8,10H2,1-3H3. The summed E-state index contributed by atoms with van der Waals surface area (Å²) in [5.41, 5.74) is 0.970. The van der Waals surface area contributed by atoms with Crippen molar-refractivity contribution in [1.29, 1.82) is 0 Å². The second kappa shape index (κ2) is 5.55. The molecule has 0 spiro atoms. The van der Waals surface area contributed by atoms with Crippen molar-refractivity contribution in [1.82, 2.24) is 9.55 Å². The number of fused-ring (bicyclic) bond motifs is 1. The highest BCUT2D eigenvalue weighted by Crippen LogP contribution is 2.24. The SMILES string of the molecule is C[Si](C)(C)CCOCn1cc(Br)c2cccnc21. The predicted molar refractivity (Wildman–Crippen MR) is 81.5 cm³/mol. The fourth-order valence-corrected chi connectivity index (χ4v) is 3.03. The van der Waals surface area contributed by atoms with E-state index in [4.69, 9.17) is 4.74 Å². The van der Waals surface area contributed by atoms with Crippen LogP contribution in [0, 0.1) is 0 Å². The quantitative estimate of drug-likeness (QED) is 0.610. The van der Waals surface area contributed by atoms with Crippen molar-refractivity contribution in [2.45, 2.75) is 32.4 Å². The van der Waals surface area contributed by atoms with Gasteiger partial charge in [0.15, 0.2) is 0 Å². The molecule has 18 heavy (non-hydrogen) atoms. The molecule has 2 aromatic rings. The fraction of sp³-hybridized carbons (Fsp3) is 0.462. The van der Waals surface area contributed by atoms with Gasteiger partial charge in [0.1, 0.15) is 12.4 Å². The Kier molecular flexibility index (Phi) is 4.24. The van der Waals surface area contributed by atoms with Gasteiger partial charge in [-0.3, -0.25) is 0 Å². The van der Waals surface area contributed by atoms with Gasteiger partial charge < -0.3 is 9.30 Å². The normalized spacial score (nSPS) is 12.2. The van der Waals surface area contributed by atoms with E-state index in [0.29, 0.717) is 6.73 Å². The Balaban J connectivity index is 2.00. The van der Waals surface area contributed by atoms with E-state index in [0.717, 1.165) is 22.1 Å². The monoisotopic (exact) mass is 326 g/mol. The Morgan fingerprint density at radius 1 is 1.39 bits per heavy atom. The second-order valence-electron chi connectivity index (χ2n) is 5.67. The molecule has 2 rings (SSSR count). The Hall–Kier alpha value is -0.653. The van der Waals surface area contributed by atoms with Crippen LogP contribution in [0.15, 0.2) is 29.0 Å². The van der Waals surface area contributed by atoms with Gasteiger partial charge in [0, 0.05) is 36.9 Å². The summed E-state index contributed by atoms with van der Waals surface area (Å²) in [6.07, 6.45) is 3.85. The molecule has 0 aliphatic carbocycles. The summed E-state index contributed by atoms with van der Waals surface area (Å²) < 4.78 is 8.87. The molecule has 0 radical (unpaired) electrons. The Morgan fingerprint density at radius 2 is 2.17 bits per heavy atom. The minimum absolute atomic E-state index is 0.573. The van der Waals surface area contributed by atoms with Crippen molar-refractivity contribution < 1.29 is 4.74 Å². The van der Waals surface area contributed by atoms with Crippen molar-refractivity contribution in [2.24, 2.45) is 0 Å². The first kappa shape index (κ1) is 13.8. The predicted octanol–water partition coefficient (Wildman–Crippen LogP) is 4.11. The lowest BCUT2D eigenvalue weighted by Gasteiger charge is -2.15. The van der Waals surface area contributed by atoms with E-state index in [1.165, 1.54) is 6.04 Å². The molecule has 2 aromatic heterocycles. The lowest BCUT2D eigenvalue weighted by Crippen LogP contribution is -2.22. The number of ether oxygens (including phenoxy) is 1. The van der Waals surface area contributed by atoms with E-state index >= 15 is 0 Å². The number of aromatic nitrogens is 2. The minimum atomic E-state index is -1.00. The molecule has 0 saturated carbocycles. The highest BCUT2D eigenvalue weighted by molar-refractivity contribution is 9.10. The highest BCUT2D eigenvalue weighted by Gasteiger charge is 2.12. The zero-order valence-corrected chi connectivity index (χ0v) is 13.7. The third-order valence-electron chi connectivity index (χ3n) is 2.81. The molecule has 0 unspecified atom stereocenters. The number of nitrogens with zero attached hydrogens (tertiary/aromatic N) is 2. The number of hydrogen-bond acceptors (Lipinski definition) is 2. The lowest BCUT2D eigenvalue weighted by atomic mass is 10.3. The van der Waals surface area contributed by atoms with Crippen LogP contribution in [-0.4, -0.2) is 24.2 Å². The lowest BCUT2D eigenvalue weighted by molar-refractivity contribution is 0.0898. The first-order valence-corrected chi connectivity index (χ1v) is 10.6. The smallest absolute Gasteiger partial charge is 0.142 e. The zero-order valence-electron chi connectivity index (χ0n) is 11.1. The van der Waals surface area contributed by atoms with Crippen LogP contribution in [0.5, 0.6) is 0 Å². The highest BCUT2D eigenvalue weighted by atomic mass is 79.9. The van der Waals surface area contributed by atoms with Crippen molar-refractivity contribution in [3.05, 3.63) is 29.0 Å². The van der Waals surface area contributed by atoms with Crippen molar-refractivity contribution >= 4 is 35.0 Å². The van der Waals surface area contributed by atoms with E-state index in [1.807, 2.05) is 23.0 Å². The molecule has 0 aliphatic rings. The maximum Gasteiger partial charge on any atom is 0.142 e. The van der Waals surface area contributed by atoms with Gasteiger partial charge in [-0.05, 0) is 34.1 Å². The summed E-state index contributed by atoms with van der Waals surface area (Å²) in [4.78, 5) is 4.39. The molecule has 0 aliphatic heterocycles. The maximum absolute atomic E-state index is 5.75. The Bertz CT molecular complexity index is 533. The average Bonchev–Trinajstić information content (AvgIpc) is 2.62. The zero-order chi connectivity index (χ0) is 13.2.